The summed E-state index contributed by atoms with van der Waals surface area (Å²) in [5.41, 5.74) is 0.323. The molecule has 2 unspecified atom stereocenters. The molecule has 1 amide bonds. The minimum atomic E-state index is -0.787. The molecule has 3 saturated heterocycles. The molecule has 0 saturated carbocycles. The number of hydrogen-bond acceptors (Lipinski definition) is 7. The summed E-state index contributed by atoms with van der Waals surface area (Å²) in [5, 5.41) is 0.771. The van der Waals surface area contributed by atoms with Crippen molar-refractivity contribution in [2.24, 2.45) is 0 Å². The summed E-state index contributed by atoms with van der Waals surface area (Å²) in [5.74, 6) is -0.975. The molecule has 2 aromatic carbocycles. The molecule has 7 rings (SSSR count). The minimum Gasteiger partial charge on any atom is -0.489 e. The van der Waals surface area contributed by atoms with Gasteiger partial charge in [-0.1, -0.05) is 25.1 Å². The number of carbonyl (C=O) groups excluding carboxylic acids is 1. The number of halogens is 3. The van der Waals surface area contributed by atoms with E-state index >= 15 is 0 Å². The van der Waals surface area contributed by atoms with E-state index in [-0.39, 0.29) is 53.0 Å². The van der Waals surface area contributed by atoms with E-state index in [2.05, 4.69) is 23.4 Å². The van der Waals surface area contributed by atoms with Crippen molar-refractivity contribution >= 4 is 34.2 Å². The number of carbonyl (C=O) groups is 1. The first-order valence-electron chi connectivity index (χ1n) is 16.0. The van der Waals surface area contributed by atoms with Crippen molar-refractivity contribution in [1.29, 1.82) is 0 Å². The summed E-state index contributed by atoms with van der Waals surface area (Å²) in [6, 6.07) is 6.09. The monoisotopic (exact) mass is 655 g/mol. The number of nitrogens with zero attached hydrogens (tertiary/aromatic N) is 5. The van der Waals surface area contributed by atoms with Crippen LogP contribution in [0.1, 0.15) is 40.0 Å². The Labute approximate surface area is 272 Å². The molecule has 4 aliphatic rings. The average molecular weight is 656 g/mol. The van der Waals surface area contributed by atoms with Gasteiger partial charge in [0.15, 0.2) is 5.75 Å². The highest BCUT2D eigenvalue weighted by Gasteiger charge is 2.37. The van der Waals surface area contributed by atoms with Gasteiger partial charge in [0.05, 0.1) is 30.3 Å². The van der Waals surface area contributed by atoms with Crippen LogP contribution in [0.25, 0.3) is 22.0 Å². The lowest BCUT2D eigenvalue weighted by molar-refractivity contribution is -0.128. The fourth-order valence-corrected chi connectivity index (χ4v) is 7.59. The van der Waals surface area contributed by atoms with Crippen LogP contribution < -0.4 is 15.3 Å². The van der Waals surface area contributed by atoms with E-state index in [4.69, 9.17) is 21.1 Å². The maximum Gasteiger partial charge on any atom is 0.350 e. The van der Waals surface area contributed by atoms with Crippen LogP contribution in [-0.4, -0.2) is 88.9 Å². The van der Waals surface area contributed by atoms with Crippen molar-refractivity contribution in [1.82, 2.24) is 19.4 Å². The predicted octanol–water partition coefficient (Wildman–Crippen LogP) is 5.26. The molecule has 0 N–H and O–H groups in total. The lowest BCUT2D eigenvalue weighted by Gasteiger charge is -2.44. The van der Waals surface area contributed by atoms with E-state index in [0.29, 0.717) is 29.8 Å². The second-order valence-corrected chi connectivity index (χ2v) is 12.9. The van der Waals surface area contributed by atoms with Gasteiger partial charge < -0.3 is 19.3 Å². The van der Waals surface area contributed by atoms with Crippen molar-refractivity contribution in [2.75, 3.05) is 44.4 Å². The third kappa shape index (κ3) is 5.89. The molecule has 0 spiro atoms. The first-order valence-corrected chi connectivity index (χ1v) is 16.4. The molecule has 1 aromatic heterocycles. The van der Waals surface area contributed by atoms with Gasteiger partial charge in [0.1, 0.15) is 24.1 Å². The molecule has 246 valence electrons. The van der Waals surface area contributed by atoms with Gasteiger partial charge in [-0.05, 0) is 63.9 Å². The van der Waals surface area contributed by atoms with Gasteiger partial charge in [0, 0.05) is 59.8 Å². The Bertz CT molecular complexity index is 1700. The van der Waals surface area contributed by atoms with Crippen molar-refractivity contribution < 1.29 is 23.0 Å². The SMILES string of the molecule is C=CC(=O)N1C[C@H](C)N(c2nc(=O)n3c4c(c(-c5ccc(F)cc5F)c(Cl)cc24)OCC3)C[C@H]1C.CCCN1C2CCC1COC2. The summed E-state index contributed by atoms with van der Waals surface area (Å²) < 4.78 is 41.2. The molecule has 5 heterocycles. The zero-order valence-electron chi connectivity index (χ0n) is 26.5. The first-order chi connectivity index (χ1) is 22.1. The highest BCUT2D eigenvalue weighted by Crippen LogP contribution is 2.46. The summed E-state index contributed by atoms with van der Waals surface area (Å²) in [4.78, 5) is 36.1. The van der Waals surface area contributed by atoms with Gasteiger partial charge in [-0.3, -0.25) is 14.3 Å². The molecule has 4 atom stereocenters. The Morgan fingerprint density at radius 2 is 1.87 bits per heavy atom. The van der Waals surface area contributed by atoms with E-state index in [1.165, 1.54) is 42.5 Å². The van der Waals surface area contributed by atoms with Crippen LogP contribution in [0.4, 0.5) is 14.6 Å². The van der Waals surface area contributed by atoms with Gasteiger partial charge in [0.2, 0.25) is 5.91 Å². The van der Waals surface area contributed by atoms with E-state index in [0.717, 1.165) is 37.4 Å². The first kappa shape index (κ1) is 32.4. The maximum absolute atomic E-state index is 14.7. The Hall–Kier alpha value is -3.54. The number of anilines is 1. The van der Waals surface area contributed by atoms with Gasteiger partial charge in [-0.25, -0.2) is 13.6 Å². The van der Waals surface area contributed by atoms with Crippen LogP contribution in [0.15, 0.2) is 41.7 Å². The topological polar surface area (TPSA) is 80.1 Å². The third-order valence-electron chi connectivity index (χ3n) is 9.50. The normalized spacial score (nSPS) is 24.0. The van der Waals surface area contributed by atoms with Crippen LogP contribution in [0.2, 0.25) is 5.02 Å². The van der Waals surface area contributed by atoms with Crippen LogP contribution in [0.3, 0.4) is 0 Å². The molecule has 46 heavy (non-hydrogen) atoms. The largest absolute Gasteiger partial charge is 0.489 e. The number of amides is 1. The van der Waals surface area contributed by atoms with Gasteiger partial charge in [0.25, 0.3) is 0 Å². The van der Waals surface area contributed by atoms with Gasteiger partial charge in [-0.2, -0.15) is 4.98 Å². The fraction of sp³-hybridized carbons (Fsp3) is 0.500. The quantitative estimate of drug-likeness (QED) is 0.347. The number of piperazine rings is 1. The van der Waals surface area contributed by atoms with E-state index in [1.54, 1.807) is 11.0 Å². The minimum absolute atomic E-state index is 0.0751. The predicted molar refractivity (Wildman–Crippen MR) is 175 cm³/mol. The van der Waals surface area contributed by atoms with Crippen LogP contribution >= 0.6 is 11.6 Å². The fourth-order valence-electron chi connectivity index (χ4n) is 7.29. The molecule has 0 radical (unpaired) electrons. The molecule has 3 aromatic rings. The summed E-state index contributed by atoms with van der Waals surface area (Å²) >= 11 is 6.67. The molecule has 12 heteroatoms. The van der Waals surface area contributed by atoms with Gasteiger partial charge in [-0.15, -0.1) is 0 Å². The number of rotatable bonds is 5. The smallest absolute Gasteiger partial charge is 0.350 e. The average Bonchev–Trinajstić information content (AvgIpc) is 3.24. The Balaban J connectivity index is 0.000000283. The summed E-state index contributed by atoms with van der Waals surface area (Å²) in [7, 11) is 0. The van der Waals surface area contributed by atoms with Crippen molar-refractivity contribution in [3.8, 4) is 16.9 Å². The van der Waals surface area contributed by atoms with E-state index in [1.807, 2.05) is 18.7 Å². The number of aromatic nitrogens is 2. The maximum atomic E-state index is 14.7. The Morgan fingerprint density at radius 1 is 1.13 bits per heavy atom. The van der Waals surface area contributed by atoms with Crippen molar-refractivity contribution in [3.63, 3.8) is 0 Å². The summed E-state index contributed by atoms with van der Waals surface area (Å²) in [6.45, 7) is 14.3. The molecular weight excluding hydrogens is 616 g/mol. The highest BCUT2D eigenvalue weighted by molar-refractivity contribution is 6.35. The number of fused-ring (bicyclic) bond motifs is 2. The van der Waals surface area contributed by atoms with Crippen molar-refractivity contribution in [2.45, 2.75) is 70.7 Å². The second-order valence-electron chi connectivity index (χ2n) is 12.5. The third-order valence-corrected chi connectivity index (χ3v) is 9.80. The zero-order chi connectivity index (χ0) is 32.7. The molecule has 2 bridgehead atoms. The molecule has 0 aliphatic carbocycles. The number of hydrogen-bond donors (Lipinski definition) is 0. The van der Waals surface area contributed by atoms with Gasteiger partial charge >= 0.3 is 5.69 Å². The lowest BCUT2D eigenvalue weighted by atomic mass is 9.99. The Kier molecular flexibility index (Phi) is 9.36. The van der Waals surface area contributed by atoms with Crippen LogP contribution in [0, 0.1) is 11.6 Å². The number of benzene rings is 2. The van der Waals surface area contributed by atoms with Crippen molar-refractivity contribution in [3.05, 3.63) is 64.1 Å². The van der Waals surface area contributed by atoms with E-state index in [9.17, 15) is 18.4 Å². The van der Waals surface area contributed by atoms with Crippen LogP contribution in [-0.2, 0) is 16.1 Å². The molecule has 3 fully saturated rings. The number of morpholine rings is 1. The standard InChI is InChI=1S/C25H23ClF2N4O3.C9H17NO/c1-4-20(33)31-11-14(3)32(12-13(31)2)24-17-10-18(26)21(16-6-5-15(27)9-19(16)28)23-22(17)30(7-8-35-23)25(34)29-24;1-2-5-10-8-3-4-9(10)7-11-6-8/h4-6,9-10,13-14H,1,7-8,11-12H2,2-3H3;8-9H,2-7H2,1H3/t13-,14+;/m1./s1. The molecule has 9 nitrogen and oxygen atoms in total. The summed E-state index contributed by atoms with van der Waals surface area (Å²) in [6.07, 6.45) is 5.31. The molecule has 4 aliphatic heterocycles. The lowest BCUT2D eigenvalue weighted by Crippen LogP contribution is -2.58. The highest BCUT2D eigenvalue weighted by atomic mass is 35.5. The second kappa shape index (κ2) is 13.3. The van der Waals surface area contributed by atoms with Crippen LogP contribution in [0.5, 0.6) is 5.75 Å². The van der Waals surface area contributed by atoms with E-state index < -0.39 is 17.3 Å². The Morgan fingerprint density at radius 3 is 2.54 bits per heavy atom. The number of ether oxygens (including phenoxy) is 2. The molecular formula is C34H40ClF2N5O4. The zero-order valence-corrected chi connectivity index (χ0v) is 27.2.